The predicted octanol–water partition coefficient (Wildman–Crippen LogP) is 1.26. The largest absolute Gasteiger partial charge is 0.468 e. The standard InChI is InChI=1S/C12H26N2O2/c1-6-7-10(2)14(4)9-8-11(13-3)12(15)16-5/h10-11,13H,6-9H2,1-5H3. The quantitative estimate of drug-likeness (QED) is 0.637. The van der Waals surface area contributed by atoms with Crippen molar-refractivity contribution < 1.29 is 9.53 Å². The summed E-state index contributed by atoms with van der Waals surface area (Å²) in [6.45, 7) is 5.31. The summed E-state index contributed by atoms with van der Waals surface area (Å²) in [6.07, 6.45) is 3.17. The number of likely N-dealkylation sites (N-methyl/N-ethyl adjacent to an activating group) is 1. The van der Waals surface area contributed by atoms with Crippen molar-refractivity contribution in [1.29, 1.82) is 0 Å². The van der Waals surface area contributed by atoms with E-state index in [2.05, 4.69) is 31.1 Å². The van der Waals surface area contributed by atoms with Crippen LogP contribution in [0.5, 0.6) is 0 Å². The van der Waals surface area contributed by atoms with Gasteiger partial charge in [0.05, 0.1) is 7.11 Å². The van der Waals surface area contributed by atoms with Crippen LogP contribution in [0.25, 0.3) is 0 Å². The van der Waals surface area contributed by atoms with Crippen molar-refractivity contribution >= 4 is 5.97 Å². The molecule has 1 N–H and O–H groups in total. The van der Waals surface area contributed by atoms with Crippen LogP contribution in [-0.2, 0) is 9.53 Å². The van der Waals surface area contributed by atoms with E-state index in [4.69, 9.17) is 4.74 Å². The molecular formula is C12H26N2O2. The van der Waals surface area contributed by atoms with E-state index in [0.717, 1.165) is 13.0 Å². The van der Waals surface area contributed by atoms with Crippen molar-refractivity contribution in [1.82, 2.24) is 10.2 Å². The Kier molecular flexibility index (Phi) is 8.21. The number of methoxy groups -OCH3 is 1. The van der Waals surface area contributed by atoms with Crippen LogP contribution < -0.4 is 5.32 Å². The highest BCUT2D eigenvalue weighted by atomic mass is 16.5. The van der Waals surface area contributed by atoms with Crippen molar-refractivity contribution in [3.05, 3.63) is 0 Å². The van der Waals surface area contributed by atoms with Crippen LogP contribution in [0.3, 0.4) is 0 Å². The van der Waals surface area contributed by atoms with Gasteiger partial charge in [-0.2, -0.15) is 0 Å². The van der Waals surface area contributed by atoms with Gasteiger partial charge in [0, 0.05) is 12.6 Å². The lowest BCUT2D eigenvalue weighted by Gasteiger charge is -2.25. The number of carbonyl (C=O) groups is 1. The summed E-state index contributed by atoms with van der Waals surface area (Å²) in [5.41, 5.74) is 0. The number of esters is 1. The van der Waals surface area contributed by atoms with E-state index < -0.39 is 0 Å². The van der Waals surface area contributed by atoms with Gasteiger partial charge in [-0.15, -0.1) is 0 Å². The Balaban J connectivity index is 3.96. The maximum Gasteiger partial charge on any atom is 0.322 e. The first kappa shape index (κ1) is 15.4. The van der Waals surface area contributed by atoms with Gasteiger partial charge in [-0.3, -0.25) is 4.79 Å². The zero-order valence-corrected chi connectivity index (χ0v) is 11.2. The van der Waals surface area contributed by atoms with E-state index in [-0.39, 0.29) is 12.0 Å². The van der Waals surface area contributed by atoms with Gasteiger partial charge >= 0.3 is 5.97 Å². The summed E-state index contributed by atoms with van der Waals surface area (Å²) in [7, 11) is 5.32. The first-order valence-electron chi connectivity index (χ1n) is 6.02. The van der Waals surface area contributed by atoms with E-state index in [1.165, 1.54) is 20.0 Å². The Bertz CT molecular complexity index is 197. The summed E-state index contributed by atoms with van der Waals surface area (Å²) < 4.78 is 4.72. The van der Waals surface area contributed by atoms with Crippen molar-refractivity contribution in [2.75, 3.05) is 27.7 Å². The van der Waals surface area contributed by atoms with E-state index in [0.29, 0.717) is 6.04 Å². The second kappa shape index (κ2) is 8.53. The summed E-state index contributed by atoms with van der Waals surface area (Å²) in [6, 6.07) is 0.376. The Morgan fingerprint density at radius 3 is 2.50 bits per heavy atom. The average Bonchev–Trinajstić information content (AvgIpc) is 2.29. The Labute approximate surface area is 99.3 Å². The van der Waals surface area contributed by atoms with Crippen LogP contribution in [0.15, 0.2) is 0 Å². The van der Waals surface area contributed by atoms with Crippen molar-refractivity contribution in [2.24, 2.45) is 0 Å². The maximum absolute atomic E-state index is 11.3. The minimum atomic E-state index is -0.193. The number of ether oxygens (including phenoxy) is 1. The number of hydrogen-bond acceptors (Lipinski definition) is 4. The highest BCUT2D eigenvalue weighted by Gasteiger charge is 2.18. The van der Waals surface area contributed by atoms with Gasteiger partial charge in [0.1, 0.15) is 6.04 Å². The van der Waals surface area contributed by atoms with E-state index >= 15 is 0 Å². The first-order valence-corrected chi connectivity index (χ1v) is 6.02. The second-order valence-electron chi connectivity index (χ2n) is 4.27. The lowest BCUT2D eigenvalue weighted by atomic mass is 10.1. The molecule has 0 bridgehead atoms. The molecule has 96 valence electrons. The fraction of sp³-hybridized carbons (Fsp3) is 0.917. The molecule has 16 heavy (non-hydrogen) atoms. The number of hydrogen-bond donors (Lipinski definition) is 1. The molecule has 0 aliphatic rings. The molecule has 0 aromatic rings. The van der Waals surface area contributed by atoms with Crippen LogP contribution in [0, 0.1) is 0 Å². The molecule has 0 rings (SSSR count). The molecule has 0 saturated carbocycles. The second-order valence-corrected chi connectivity index (χ2v) is 4.27. The van der Waals surface area contributed by atoms with Gasteiger partial charge in [-0.25, -0.2) is 0 Å². The van der Waals surface area contributed by atoms with Gasteiger partial charge in [0.15, 0.2) is 0 Å². The van der Waals surface area contributed by atoms with Crippen LogP contribution in [0.1, 0.15) is 33.1 Å². The summed E-state index contributed by atoms with van der Waals surface area (Å²) >= 11 is 0. The molecule has 0 amide bonds. The molecule has 0 aliphatic carbocycles. The van der Waals surface area contributed by atoms with Crippen molar-refractivity contribution in [3.63, 3.8) is 0 Å². The molecule has 0 radical (unpaired) electrons. The summed E-state index contributed by atoms with van der Waals surface area (Å²) in [5.74, 6) is -0.181. The fourth-order valence-corrected chi connectivity index (χ4v) is 1.71. The smallest absolute Gasteiger partial charge is 0.322 e. The van der Waals surface area contributed by atoms with E-state index in [1.54, 1.807) is 7.05 Å². The predicted molar refractivity (Wildman–Crippen MR) is 66.5 cm³/mol. The zero-order chi connectivity index (χ0) is 12.6. The molecule has 0 aromatic heterocycles. The van der Waals surface area contributed by atoms with Crippen LogP contribution in [-0.4, -0.2) is 50.7 Å². The third-order valence-corrected chi connectivity index (χ3v) is 3.06. The molecule has 4 heteroatoms. The van der Waals surface area contributed by atoms with Crippen LogP contribution in [0.4, 0.5) is 0 Å². The fourth-order valence-electron chi connectivity index (χ4n) is 1.71. The van der Waals surface area contributed by atoms with Crippen LogP contribution in [0.2, 0.25) is 0 Å². The van der Waals surface area contributed by atoms with Gasteiger partial charge in [-0.05, 0) is 33.9 Å². The number of carbonyl (C=O) groups excluding carboxylic acids is 1. The third-order valence-electron chi connectivity index (χ3n) is 3.06. The lowest BCUT2D eigenvalue weighted by molar-refractivity contribution is -0.143. The summed E-state index contributed by atoms with van der Waals surface area (Å²) in [5, 5.41) is 2.98. The van der Waals surface area contributed by atoms with Gasteiger partial charge < -0.3 is 15.0 Å². The molecule has 2 unspecified atom stereocenters. The normalized spacial score (nSPS) is 14.9. The minimum Gasteiger partial charge on any atom is -0.468 e. The molecular weight excluding hydrogens is 204 g/mol. The first-order chi connectivity index (χ1) is 7.56. The highest BCUT2D eigenvalue weighted by Crippen LogP contribution is 2.06. The topological polar surface area (TPSA) is 41.6 Å². The molecule has 0 spiro atoms. The third kappa shape index (κ3) is 5.47. The molecule has 2 atom stereocenters. The maximum atomic E-state index is 11.3. The SMILES string of the molecule is CCCC(C)N(C)CCC(NC)C(=O)OC. The zero-order valence-electron chi connectivity index (χ0n) is 11.2. The monoisotopic (exact) mass is 230 g/mol. The molecule has 0 heterocycles. The Morgan fingerprint density at radius 1 is 1.44 bits per heavy atom. The molecule has 4 nitrogen and oxygen atoms in total. The average molecular weight is 230 g/mol. The van der Waals surface area contributed by atoms with Crippen LogP contribution >= 0.6 is 0 Å². The van der Waals surface area contributed by atoms with Crippen molar-refractivity contribution in [2.45, 2.75) is 45.2 Å². The lowest BCUT2D eigenvalue weighted by Crippen LogP contribution is -2.39. The Morgan fingerprint density at radius 2 is 2.06 bits per heavy atom. The summed E-state index contributed by atoms with van der Waals surface area (Å²) in [4.78, 5) is 13.6. The van der Waals surface area contributed by atoms with Gasteiger partial charge in [0.2, 0.25) is 0 Å². The van der Waals surface area contributed by atoms with Gasteiger partial charge in [0.25, 0.3) is 0 Å². The Hall–Kier alpha value is -0.610. The number of rotatable bonds is 8. The van der Waals surface area contributed by atoms with E-state index in [9.17, 15) is 4.79 Å². The highest BCUT2D eigenvalue weighted by molar-refractivity contribution is 5.75. The van der Waals surface area contributed by atoms with Gasteiger partial charge in [-0.1, -0.05) is 13.3 Å². The molecule has 0 fully saturated rings. The number of nitrogens with zero attached hydrogens (tertiary/aromatic N) is 1. The molecule has 0 saturated heterocycles. The number of nitrogens with one attached hydrogen (secondary N) is 1. The molecule has 0 aromatic carbocycles. The van der Waals surface area contributed by atoms with Crippen molar-refractivity contribution in [3.8, 4) is 0 Å². The van der Waals surface area contributed by atoms with E-state index in [1.807, 2.05) is 0 Å². The molecule has 0 aliphatic heterocycles. The minimum absolute atomic E-state index is 0.181.